The van der Waals surface area contributed by atoms with Crippen LogP contribution in [0.5, 0.6) is 0 Å². The standard InChI is InChI=1S/C14H18N4O2/c1-10(8-18-7-6-15-9-18)16-13-5-4-12(11(2)17-13)14(19)20-3/h4-7,9-10H,8H2,1-3H3,(H,16,17). The van der Waals surface area contributed by atoms with Crippen LogP contribution < -0.4 is 5.32 Å². The van der Waals surface area contributed by atoms with Crippen LogP contribution >= 0.6 is 0 Å². The van der Waals surface area contributed by atoms with Gasteiger partial charge >= 0.3 is 5.97 Å². The van der Waals surface area contributed by atoms with Crippen LogP contribution in [0.3, 0.4) is 0 Å². The van der Waals surface area contributed by atoms with E-state index in [0.29, 0.717) is 11.3 Å². The number of ether oxygens (including phenoxy) is 1. The van der Waals surface area contributed by atoms with Crippen molar-refractivity contribution in [2.45, 2.75) is 26.4 Å². The smallest absolute Gasteiger partial charge is 0.339 e. The second-order valence-electron chi connectivity index (χ2n) is 4.63. The predicted octanol–water partition coefficient (Wildman–Crippen LogP) is 1.87. The van der Waals surface area contributed by atoms with Gasteiger partial charge in [-0.3, -0.25) is 0 Å². The van der Waals surface area contributed by atoms with E-state index in [1.807, 2.05) is 10.8 Å². The summed E-state index contributed by atoms with van der Waals surface area (Å²) in [6.45, 7) is 4.64. The minimum absolute atomic E-state index is 0.195. The Morgan fingerprint density at radius 2 is 2.30 bits per heavy atom. The lowest BCUT2D eigenvalue weighted by molar-refractivity contribution is 0.0599. The normalized spacial score (nSPS) is 11.9. The number of pyridine rings is 1. The van der Waals surface area contributed by atoms with Crippen LogP contribution in [0.2, 0.25) is 0 Å². The maximum absolute atomic E-state index is 11.5. The van der Waals surface area contributed by atoms with Crippen LogP contribution in [0.4, 0.5) is 5.82 Å². The number of carbonyl (C=O) groups excluding carboxylic acids is 1. The summed E-state index contributed by atoms with van der Waals surface area (Å²) in [6.07, 6.45) is 5.44. The van der Waals surface area contributed by atoms with E-state index in [-0.39, 0.29) is 12.0 Å². The lowest BCUT2D eigenvalue weighted by atomic mass is 10.2. The number of esters is 1. The molecule has 1 atom stereocenters. The van der Waals surface area contributed by atoms with E-state index in [9.17, 15) is 4.79 Å². The van der Waals surface area contributed by atoms with Gasteiger partial charge in [-0.2, -0.15) is 0 Å². The zero-order chi connectivity index (χ0) is 14.5. The third-order valence-corrected chi connectivity index (χ3v) is 2.93. The Morgan fingerprint density at radius 3 is 2.90 bits per heavy atom. The molecule has 20 heavy (non-hydrogen) atoms. The molecule has 2 rings (SSSR count). The fourth-order valence-electron chi connectivity index (χ4n) is 1.98. The Morgan fingerprint density at radius 1 is 1.50 bits per heavy atom. The van der Waals surface area contributed by atoms with E-state index >= 15 is 0 Å². The number of anilines is 1. The fraction of sp³-hybridized carbons (Fsp3) is 0.357. The number of carbonyl (C=O) groups is 1. The summed E-state index contributed by atoms with van der Waals surface area (Å²) in [5.41, 5.74) is 1.14. The minimum Gasteiger partial charge on any atom is -0.465 e. The Bertz CT molecular complexity index is 581. The first-order valence-corrected chi connectivity index (χ1v) is 6.38. The number of nitrogens with one attached hydrogen (secondary N) is 1. The second-order valence-corrected chi connectivity index (χ2v) is 4.63. The molecule has 0 fully saturated rings. The van der Waals surface area contributed by atoms with Gasteiger partial charge < -0.3 is 14.6 Å². The molecule has 6 nitrogen and oxygen atoms in total. The maximum Gasteiger partial charge on any atom is 0.339 e. The van der Waals surface area contributed by atoms with E-state index in [2.05, 4.69) is 22.2 Å². The highest BCUT2D eigenvalue weighted by atomic mass is 16.5. The molecule has 1 unspecified atom stereocenters. The molecule has 2 aromatic heterocycles. The van der Waals surface area contributed by atoms with Crippen LogP contribution in [0.15, 0.2) is 30.9 Å². The van der Waals surface area contributed by atoms with Gasteiger partial charge in [-0.1, -0.05) is 0 Å². The van der Waals surface area contributed by atoms with Crippen molar-refractivity contribution >= 4 is 11.8 Å². The molecule has 0 radical (unpaired) electrons. The van der Waals surface area contributed by atoms with Gasteiger partial charge in [0.05, 0.1) is 24.7 Å². The molecule has 0 aliphatic heterocycles. The number of rotatable bonds is 5. The number of nitrogens with zero attached hydrogens (tertiary/aromatic N) is 3. The summed E-state index contributed by atoms with van der Waals surface area (Å²) >= 11 is 0. The van der Waals surface area contributed by atoms with Crippen molar-refractivity contribution in [3.05, 3.63) is 42.1 Å². The lowest BCUT2D eigenvalue weighted by Gasteiger charge is -2.15. The van der Waals surface area contributed by atoms with Crippen molar-refractivity contribution in [2.24, 2.45) is 0 Å². The van der Waals surface area contributed by atoms with Gasteiger partial charge in [0.2, 0.25) is 0 Å². The first-order chi connectivity index (χ1) is 9.60. The molecule has 0 saturated carbocycles. The van der Waals surface area contributed by atoms with Gasteiger partial charge in [0.15, 0.2) is 0 Å². The highest BCUT2D eigenvalue weighted by molar-refractivity contribution is 5.90. The molecular formula is C14H18N4O2. The molecule has 0 bridgehead atoms. The van der Waals surface area contributed by atoms with Gasteiger partial charge in [0.1, 0.15) is 5.82 Å². The molecule has 0 aromatic carbocycles. The number of hydrogen-bond donors (Lipinski definition) is 1. The second kappa shape index (κ2) is 6.18. The van der Waals surface area contributed by atoms with Crippen LogP contribution in [0.1, 0.15) is 23.0 Å². The van der Waals surface area contributed by atoms with E-state index in [1.165, 1.54) is 7.11 Å². The summed E-state index contributed by atoms with van der Waals surface area (Å²) in [6, 6.07) is 3.70. The summed E-state index contributed by atoms with van der Waals surface area (Å²) in [7, 11) is 1.36. The third kappa shape index (κ3) is 3.34. The number of methoxy groups -OCH3 is 1. The van der Waals surface area contributed by atoms with Crippen molar-refractivity contribution in [2.75, 3.05) is 12.4 Å². The van der Waals surface area contributed by atoms with E-state index in [0.717, 1.165) is 12.4 Å². The summed E-state index contributed by atoms with van der Waals surface area (Å²) in [5.74, 6) is 0.371. The van der Waals surface area contributed by atoms with Crippen molar-refractivity contribution in [3.63, 3.8) is 0 Å². The molecule has 0 saturated heterocycles. The highest BCUT2D eigenvalue weighted by Gasteiger charge is 2.11. The topological polar surface area (TPSA) is 69.0 Å². The average molecular weight is 274 g/mol. The molecule has 0 amide bonds. The summed E-state index contributed by atoms with van der Waals surface area (Å²) < 4.78 is 6.69. The highest BCUT2D eigenvalue weighted by Crippen LogP contribution is 2.12. The molecule has 0 spiro atoms. The Labute approximate surface area is 117 Å². The van der Waals surface area contributed by atoms with Crippen molar-refractivity contribution in [1.82, 2.24) is 14.5 Å². The number of aromatic nitrogens is 3. The Hall–Kier alpha value is -2.37. The molecule has 2 aromatic rings. The van der Waals surface area contributed by atoms with Crippen LogP contribution in [0, 0.1) is 6.92 Å². The summed E-state index contributed by atoms with van der Waals surface area (Å²) in [4.78, 5) is 19.9. The molecule has 6 heteroatoms. The van der Waals surface area contributed by atoms with Crippen LogP contribution in [-0.2, 0) is 11.3 Å². The zero-order valence-electron chi connectivity index (χ0n) is 11.8. The molecule has 1 N–H and O–H groups in total. The van der Waals surface area contributed by atoms with Crippen LogP contribution in [-0.4, -0.2) is 33.7 Å². The molecule has 0 aliphatic rings. The van der Waals surface area contributed by atoms with Gasteiger partial charge in [0, 0.05) is 25.0 Å². The van der Waals surface area contributed by atoms with Crippen molar-refractivity contribution in [3.8, 4) is 0 Å². The first-order valence-electron chi connectivity index (χ1n) is 6.38. The molecule has 106 valence electrons. The molecule has 0 aliphatic carbocycles. The van der Waals surface area contributed by atoms with E-state index in [1.54, 1.807) is 31.6 Å². The average Bonchev–Trinajstić information content (AvgIpc) is 2.90. The minimum atomic E-state index is -0.368. The number of imidazole rings is 1. The third-order valence-electron chi connectivity index (χ3n) is 2.93. The van der Waals surface area contributed by atoms with Crippen molar-refractivity contribution < 1.29 is 9.53 Å². The SMILES string of the molecule is COC(=O)c1ccc(NC(C)Cn2ccnc2)nc1C. The fourth-order valence-corrected chi connectivity index (χ4v) is 1.98. The zero-order valence-corrected chi connectivity index (χ0v) is 11.8. The largest absolute Gasteiger partial charge is 0.465 e. The monoisotopic (exact) mass is 274 g/mol. The number of aryl methyl sites for hydroxylation is 1. The van der Waals surface area contributed by atoms with Crippen LogP contribution in [0.25, 0.3) is 0 Å². The van der Waals surface area contributed by atoms with Gasteiger partial charge in [-0.15, -0.1) is 0 Å². The van der Waals surface area contributed by atoms with Gasteiger partial charge in [-0.05, 0) is 26.0 Å². The van der Waals surface area contributed by atoms with E-state index in [4.69, 9.17) is 4.74 Å². The Balaban J connectivity index is 2.03. The van der Waals surface area contributed by atoms with E-state index < -0.39 is 0 Å². The maximum atomic E-state index is 11.5. The predicted molar refractivity (Wildman–Crippen MR) is 75.6 cm³/mol. The van der Waals surface area contributed by atoms with Gasteiger partial charge in [-0.25, -0.2) is 14.8 Å². The number of hydrogen-bond acceptors (Lipinski definition) is 5. The molecular weight excluding hydrogens is 256 g/mol. The first kappa shape index (κ1) is 14.0. The summed E-state index contributed by atoms with van der Waals surface area (Å²) in [5, 5.41) is 3.29. The van der Waals surface area contributed by atoms with Gasteiger partial charge in [0.25, 0.3) is 0 Å². The quantitative estimate of drug-likeness (QED) is 0.843. The van der Waals surface area contributed by atoms with Crippen molar-refractivity contribution in [1.29, 1.82) is 0 Å². The lowest BCUT2D eigenvalue weighted by Crippen LogP contribution is -2.22. The molecule has 2 heterocycles. The Kier molecular flexibility index (Phi) is 4.34.